The van der Waals surface area contributed by atoms with Gasteiger partial charge in [-0.3, -0.25) is 9.59 Å². The van der Waals surface area contributed by atoms with Crippen LogP contribution in [0.3, 0.4) is 0 Å². The smallest absolute Gasteiger partial charge is 0.355 e. The molecule has 0 aliphatic carbocycles. The van der Waals surface area contributed by atoms with E-state index in [9.17, 15) is 19.2 Å². The number of amides is 1. The molecule has 0 aliphatic rings. The number of fused-ring (bicyclic) bond motifs is 1. The van der Waals surface area contributed by atoms with Crippen molar-refractivity contribution in [3.63, 3.8) is 0 Å². The van der Waals surface area contributed by atoms with E-state index in [-0.39, 0.29) is 28.8 Å². The van der Waals surface area contributed by atoms with Crippen LogP contribution < -0.4 is 10.7 Å². The van der Waals surface area contributed by atoms with Gasteiger partial charge >= 0.3 is 11.9 Å². The monoisotopic (exact) mass is 484 g/mol. The van der Waals surface area contributed by atoms with Gasteiger partial charge in [-0.2, -0.15) is 0 Å². The third-order valence-electron chi connectivity index (χ3n) is 5.81. The molecule has 0 aliphatic heterocycles. The molecule has 8 nitrogen and oxygen atoms in total. The number of benzene rings is 3. The van der Waals surface area contributed by atoms with Gasteiger partial charge in [0.2, 0.25) is 0 Å². The number of carbonyl (C=O) groups excluding carboxylic acids is 3. The lowest BCUT2D eigenvalue weighted by Gasteiger charge is -2.20. The van der Waals surface area contributed by atoms with Gasteiger partial charge in [0.1, 0.15) is 5.69 Å². The Morgan fingerprint density at radius 1 is 0.833 bits per heavy atom. The summed E-state index contributed by atoms with van der Waals surface area (Å²) in [6.45, 7) is 1.69. The van der Waals surface area contributed by atoms with Gasteiger partial charge in [0.05, 0.1) is 30.9 Å². The van der Waals surface area contributed by atoms with Crippen LogP contribution in [0.4, 0.5) is 0 Å². The van der Waals surface area contributed by atoms with Crippen LogP contribution in [0.2, 0.25) is 0 Å². The maximum atomic E-state index is 13.5. The molecular formula is C28H24N2O6. The van der Waals surface area contributed by atoms with E-state index in [1.54, 1.807) is 10.6 Å². The molecule has 0 radical (unpaired) electrons. The van der Waals surface area contributed by atoms with E-state index in [0.717, 1.165) is 5.56 Å². The molecule has 182 valence electrons. The van der Waals surface area contributed by atoms with Crippen molar-refractivity contribution >= 4 is 28.7 Å². The first-order valence-electron chi connectivity index (χ1n) is 11.1. The normalized spacial score (nSPS) is 10.6. The second-order valence-electron chi connectivity index (χ2n) is 8.09. The van der Waals surface area contributed by atoms with Crippen LogP contribution in [0.15, 0.2) is 77.6 Å². The molecule has 3 aromatic carbocycles. The van der Waals surface area contributed by atoms with Gasteiger partial charge in [-0.1, -0.05) is 24.3 Å². The summed E-state index contributed by atoms with van der Waals surface area (Å²) in [6, 6.07) is 20.4. The summed E-state index contributed by atoms with van der Waals surface area (Å²) in [5.74, 6) is -1.69. The van der Waals surface area contributed by atoms with Crippen molar-refractivity contribution in [2.24, 2.45) is 0 Å². The predicted octanol–water partition coefficient (Wildman–Crippen LogP) is 3.80. The van der Waals surface area contributed by atoms with E-state index in [1.165, 1.54) is 38.5 Å². The first kappa shape index (κ1) is 24.4. The van der Waals surface area contributed by atoms with Crippen molar-refractivity contribution in [2.45, 2.75) is 13.5 Å². The average molecular weight is 485 g/mol. The first-order valence-corrected chi connectivity index (χ1v) is 11.1. The lowest BCUT2D eigenvalue weighted by molar-refractivity contribution is 0.0584. The minimum atomic E-state index is -0.703. The number of aromatic nitrogens is 1. The number of rotatable bonds is 6. The number of nitrogens with zero attached hydrogens (tertiary/aromatic N) is 1. The molecule has 0 saturated carbocycles. The van der Waals surface area contributed by atoms with Crippen molar-refractivity contribution in [1.29, 1.82) is 0 Å². The number of para-hydroxylation sites is 1. The Bertz CT molecular complexity index is 1520. The number of carbonyl (C=O) groups is 3. The Morgan fingerprint density at radius 3 is 2.11 bits per heavy atom. The van der Waals surface area contributed by atoms with Crippen LogP contribution in [0.5, 0.6) is 0 Å². The number of esters is 2. The summed E-state index contributed by atoms with van der Waals surface area (Å²) in [6.07, 6.45) is 0. The summed E-state index contributed by atoms with van der Waals surface area (Å²) in [5, 5.41) is 3.12. The lowest BCUT2D eigenvalue weighted by Crippen LogP contribution is -2.31. The molecule has 4 aromatic rings. The largest absolute Gasteiger partial charge is 0.465 e. The fourth-order valence-corrected chi connectivity index (χ4v) is 4.01. The van der Waals surface area contributed by atoms with Gasteiger partial charge in [0.15, 0.2) is 5.43 Å². The molecular weight excluding hydrogens is 460 g/mol. The van der Waals surface area contributed by atoms with Crippen LogP contribution in [-0.4, -0.2) is 36.6 Å². The standard InChI is InChI=1S/C28H24N2O6/c1-17-9-14-21-23(15-17)30(20-7-5-4-6-8-20)24(28(34)36-3)22(25(21)31)16-29-26(32)18-10-12-19(13-11-18)27(33)35-2/h4-15H,16H2,1-3H3,(H,29,32). The van der Waals surface area contributed by atoms with Gasteiger partial charge in [0.25, 0.3) is 5.91 Å². The van der Waals surface area contributed by atoms with Crippen molar-refractivity contribution in [2.75, 3.05) is 14.2 Å². The summed E-state index contributed by atoms with van der Waals surface area (Å²) in [4.78, 5) is 51.0. The highest BCUT2D eigenvalue weighted by molar-refractivity contribution is 5.97. The Kier molecular flexibility index (Phi) is 6.96. The number of ether oxygens (including phenoxy) is 2. The van der Waals surface area contributed by atoms with Crippen molar-refractivity contribution < 1.29 is 23.9 Å². The number of pyridine rings is 1. The highest BCUT2D eigenvalue weighted by Crippen LogP contribution is 2.24. The predicted molar refractivity (Wildman–Crippen MR) is 135 cm³/mol. The zero-order valence-electron chi connectivity index (χ0n) is 20.0. The second kappa shape index (κ2) is 10.3. The lowest BCUT2D eigenvalue weighted by atomic mass is 10.0. The molecule has 0 spiro atoms. The van der Waals surface area contributed by atoms with Gasteiger partial charge in [-0.15, -0.1) is 0 Å². The van der Waals surface area contributed by atoms with Gasteiger partial charge in [0, 0.05) is 23.2 Å². The zero-order valence-corrected chi connectivity index (χ0v) is 20.0. The van der Waals surface area contributed by atoms with Gasteiger partial charge in [-0.25, -0.2) is 9.59 Å². The molecule has 0 fully saturated rings. The molecule has 36 heavy (non-hydrogen) atoms. The van der Waals surface area contributed by atoms with Gasteiger partial charge in [-0.05, 0) is 61.0 Å². The molecule has 0 bridgehead atoms. The number of aryl methyl sites for hydroxylation is 1. The topological polar surface area (TPSA) is 104 Å². The maximum absolute atomic E-state index is 13.5. The Morgan fingerprint density at radius 2 is 1.47 bits per heavy atom. The van der Waals surface area contributed by atoms with Gasteiger partial charge < -0.3 is 19.4 Å². The molecule has 0 saturated heterocycles. The minimum Gasteiger partial charge on any atom is -0.465 e. The molecule has 1 aromatic heterocycles. The van der Waals surface area contributed by atoms with Crippen LogP contribution in [-0.2, 0) is 16.0 Å². The van der Waals surface area contributed by atoms with Crippen LogP contribution >= 0.6 is 0 Å². The zero-order chi connectivity index (χ0) is 25.8. The molecule has 0 atom stereocenters. The summed E-state index contributed by atoms with van der Waals surface area (Å²) >= 11 is 0. The molecule has 8 heteroatoms. The number of hydrogen-bond acceptors (Lipinski definition) is 6. The maximum Gasteiger partial charge on any atom is 0.355 e. The summed E-state index contributed by atoms with van der Waals surface area (Å²) in [7, 11) is 2.52. The molecule has 0 unspecified atom stereocenters. The van der Waals surface area contributed by atoms with Crippen LogP contribution in [0.25, 0.3) is 16.6 Å². The molecule has 1 amide bonds. The SMILES string of the molecule is COC(=O)c1ccc(C(=O)NCc2c(C(=O)OC)n(-c3ccccc3)c3cc(C)ccc3c2=O)cc1. The second-order valence-corrected chi connectivity index (χ2v) is 8.09. The molecule has 4 rings (SSSR count). The minimum absolute atomic E-state index is 0.0353. The van der Waals surface area contributed by atoms with E-state index >= 15 is 0 Å². The number of hydrogen-bond donors (Lipinski definition) is 1. The number of methoxy groups -OCH3 is 2. The summed E-state index contributed by atoms with van der Waals surface area (Å²) < 4.78 is 11.4. The Balaban J connectivity index is 1.82. The Labute approximate surface area is 207 Å². The molecule has 1 N–H and O–H groups in total. The van der Waals surface area contributed by atoms with Crippen molar-refractivity contribution in [3.8, 4) is 5.69 Å². The van der Waals surface area contributed by atoms with E-state index in [4.69, 9.17) is 4.74 Å². The highest BCUT2D eigenvalue weighted by atomic mass is 16.5. The fourth-order valence-electron chi connectivity index (χ4n) is 4.01. The first-order chi connectivity index (χ1) is 17.3. The quantitative estimate of drug-likeness (QED) is 0.418. The average Bonchev–Trinajstić information content (AvgIpc) is 2.91. The molecule has 1 heterocycles. The van der Waals surface area contributed by atoms with Crippen LogP contribution in [0, 0.1) is 6.92 Å². The van der Waals surface area contributed by atoms with Crippen molar-refractivity contribution in [3.05, 3.63) is 111 Å². The number of nitrogens with one attached hydrogen (secondary N) is 1. The highest BCUT2D eigenvalue weighted by Gasteiger charge is 2.24. The third-order valence-corrected chi connectivity index (χ3v) is 5.81. The van der Waals surface area contributed by atoms with E-state index < -0.39 is 17.8 Å². The fraction of sp³-hybridized carbons (Fsp3) is 0.143. The summed E-state index contributed by atoms with van der Waals surface area (Å²) in [5.41, 5.74) is 2.48. The van der Waals surface area contributed by atoms with E-state index in [1.807, 2.05) is 49.4 Å². The third kappa shape index (κ3) is 4.61. The van der Waals surface area contributed by atoms with E-state index in [0.29, 0.717) is 22.2 Å². The van der Waals surface area contributed by atoms with E-state index in [2.05, 4.69) is 10.1 Å². The van der Waals surface area contributed by atoms with Crippen LogP contribution in [0.1, 0.15) is 42.3 Å². The Hall–Kier alpha value is -4.72. The van der Waals surface area contributed by atoms with Crippen molar-refractivity contribution in [1.82, 2.24) is 9.88 Å².